The Balaban J connectivity index is 1.82. The molecule has 0 aliphatic heterocycles. The van der Waals surface area contributed by atoms with Crippen molar-refractivity contribution in [2.24, 2.45) is 28.6 Å². The lowest BCUT2D eigenvalue weighted by Crippen LogP contribution is -2.48. The molecule has 2 fully saturated rings. The number of ketones is 2. The molecule has 0 aromatic rings. The molecule has 5 atom stereocenters. The summed E-state index contributed by atoms with van der Waals surface area (Å²) in [6.07, 6.45) is 11.7. The van der Waals surface area contributed by atoms with Crippen LogP contribution in [0.3, 0.4) is 0 Å². The highest BCUT2D eigenvalue weighted by atomic mass is 35.5. The molecule has 0 heterocycles. The Hall–Kier alpha value is -1.15. The Labute approximate surface area is 136 Å². The molecule has 0 amide bonds. The van der Waals surface area contributed by atoms with Gasteiger partial charge in [0.2, 0.25) is 0 Å². The number of hydrogen-bond donors (Lipinski definition) is 0. The fourth-order valence-corrected chi connectivity index (χ4v) is 5.83. The van der Waals surface area contributed by atoms with Gasteiger partial charge in [0.05, 0.1) is 5.03 Å². The van der Waals surface area contributed by atoms with Gasteiger partial charge in [0.25, 0.3) is 0 Å². The molecular weight excluding hydrogens is 296 g/mol. The van der Waals surface area contributed by atoms with Crippen LogP contribution in [0.5, 0.6) is 0 Å². The van der Waals surface area contributed by atoms with Crippen molar-refractivity contribution in [3.63, 3.8) is 0 Å². The van der Waals surface area contributed by atoms with E-state index in [0.29, 0.717) is 28.6 Å². The highest BCUT2D eigenvalue weighted by Gasteiger charge is 2.57. The molecule has 0 radical (unpaired) electrons. The second-order valence-electron chi connectivity index (χ2n) is 7.78. The third-order valence-corrected chi connectivity index (χ3v) is 7.30. The van der Waals surface area contributed by atoms with E-state index in [2.05, 4.69) is 32.1 Å². The number of rotatable bonds is 0. The molecule has 4 aliphatic rings. The Morgan fingerprint density at radius 3 is 2.68 bits per heavy atom. The Morgan fingerprint density at radius 1 is 1.14 bits per heavy atom. The number of carbonyl (C=O) groups excluding carboxylic acids is 2. The lowest BCUT2D eigenvalue weighted by atomic mass is 9.50. The Morgan fingerprint density at radius 2 is 1.91 bits per heavy atom. The minimum absolute atomic E-state index is 0.0890. The maximum absolute atomic E-state index is 12.3. The highest BCUT2D eigenvalue weighted by molar-refractivity contribution is 6.45. The number of allylic oxidation sites excluding steroid dienone is 6. The highest BCUT2D eigenvalue weighted by Crippen LogP contribution is 2.62. The van der Waals surface area contributed by atoms with Crippen molar-refractivity contribution in [3.05, 3.63) is 34.9 Å². The summed E-state index contributed by atoms with van der Waals surface area (Å²) in [7, 11) is 0. The second-order valence-corrected chi connectivity index (χ2v) is 8.15. The first kappa shape index (κ1) is 14.4. The lowest BCUT2D eigenvalue weighted by Gasteiger charge is -2.53. The number of hydrogen-bond acceptors (Lipinski definition) is 2. The first-order valence-corrected chi connectivity index (χ1v) is 8.61. The summed E-state index contributed by atoms with van der Waals surface area (Å²) in [4.78, 5) is 24.2. The largest absolute Gasteiger partial charge is 0.299 e. The quantitative estimate of drug-likeness (QED) is 0.671. The Kier molecular flexibility index (Phi) is 2.92. The zero-order valence-electron chi connectivity index (χ0n) is 13.1. The van der Waals surface area contributed by atoms with Crippen LogP contribution in [-0.4, -0.2) is 11.6 Å². The maximum Gasteiger partial charge on any atom is 0.197 e. The SMILES string of the molecule is C[C@]12C=CC(=O)C(Cl)=C1C=C[C@@H]1[C@@H]2CC[C@]2(C)C(=O)CC[C@@H]12. The second kappa shape index (κ2) is 4.44. The van der Waals surface area contributed by atoms with E-state index in [-0.39, 0.29) is 16.6 Å². The zero-order chi connectivity index (χ0) is 15.7. The van der Waals surface area contributed by atoms with Crippen molar-refractivity contribution in [2.45, 2.75) is 39.5 Å². The van der Waals surface area contributed by atoms with E-state index < -0.39 is 0 Å². The van der Waals surface area contributed by atoms with Crippen LogP contribution in [0, 0.1) is 28.6 Å². The van der Waals surface area contributed by atoms with Gasteiger partial charge in [0.1, 0.15) is 5.78 Å². The summed E-state index contributed by atoms with van der Waals surface area (Å²) in [5.74, 6) is 1.66. The van der Waals surface area contributed by atoms with Crippen LogP contribution < -0.4 is 0 Å². The number of Topliss-reactive ketones (excluding diaryl/α,β-unsaturated/α-hetero) is 1. The van der Waals surface area contributed by atoms with Crippen molar-refractivity contribution in [2.75, 3.05) is 0 Å². The van der Waals surface area contributed by atoms with Crippen molar-refractivity contribution < 1.29 is 9.59 Å². The summed E-state index contributed by atoms with van der Waals surface area (Å²) in [6, 6.07) is 0. The van der Waals surface area contributed by atoms with Crippen molar-refractivity contribution >= 4 is 23.2 Å². The molecule has 0 bridgehead atoms. The molecule has 2 saturated carbocycles. The normalized spacial score (nSPS) is 46.6. The monoisotopic (exact) mass is 316 g/mol. The van der Waals surface area contributed by atoms with Crippen molar-refractivity contribution in [1.29, 1.82) is 0 Å². The van der Waals surface area contributed by atoms with Gasteiger partial charge in [0, 0.05) is 17.3 Å². The summed E-state index contributed by atoms with van der Waals surface area (Å²) in [6.45, 7) is 4.37. The average Bonchev–Trinajstić information content (AvgIpc) is 2.79. The van der Waals surface area contributed by atoms with Gasteiger partial charge in [-0.3, -0.25) is 9.59 Å². The molecule has 0 spiro atoms. The molecule has 2 nitrogen and oxygen atoms in total. The lowest BCUT2D eigenvalue weighted by molar-refractivity contribution is -0.130. The van der Waals surface area contributed by atoms with Crippen LogP contribution in [0.1, 0.15) is 39.5 Å². The third-order valence-electron chi connectivity index (χ3n) is 6.91. The summed E-state index contributed by atoms with van der Waals surface area (Å²) >= 11 is 6.30. The fraction of sp³-hybridized carbons (Fsp3) is 0.579. The molecule has 0 aromatic heterocycles. The van der Waals surface area contributed by atoms with Crippen LogP contribution in [0.15, 0.2) is 34.9 Å². The van der Waals surface area contributed by atoms with Gasteiger partial charge in [-0.25, -0.2) is 0 Å². The predicted octanol–water partition coefficient (Wildman–Crippen LogP) is 4.21. The Bertz CT molecular complexity index is 671. The number of halogens is 1. The predicted molar refractivity (Wildman–Crippen MR) is 86.3 cm³/mol. The molecule has 4 rings (SSSR count). The summed E-state index contributed by atoms with van der Waals surface area (Å²) in [5.41, 5.74) is 0.661. The molecule has 116 valence electrons. The van der Waals surface area contributed by atoms with E-state index in [9.17, 15) is 9.59 Å². The molecule has 0 aromatic carbocycles. The van der Waals surface area contributed by atoms with E-state index in [1.807, 2.05) is 0 Å². The van der Waals surface area contributed by atoms with Gasteiger partial charge in [-0.2, -0.15) is 0 Å². The van der Waals surface area contributed by atoms with Gasteiger partial charge in [-0.1, -0.05) is 43.7 Å². The van der Waals surface area contributed by atoms with Gasteiger partial charge < -0.3 is 0 Å². The van der Waals surface area contributed by atoms with Crippen LogP contribution >= 0.6 is 11.6 Å². The van der Waals surface area contributed by atoms with Gasteiger partial charge in [-0.15, -0.1) is 0 Å². The zero-order valence-corrected chi connectivity index (χ0v) is 13.8. The minimum Gasteiger partial charge on any atom is -0.299 e. The van der Waals surface area contributed by atoms with E-state index in [1.54, 1.807) is 6.08 Å². The van der Waals surface area contributed by atoms with Crippen LogP contribution in [0.2, 0.25) is 0 Å². The summed E-state index contributed by atoms with van der Waals surface area (Å²) < 4.78 is 0. The van der Waals surface area contributed by atoms with Crippen molar-refractivity contribution in [1.82, 2.24) is 0 Å². The molecular formula is C19H21ClO2. The van der Waals surface area contributed by atoms with Crippen LogP contribution in [0.4, 0.5) is 0 Å². The fourth-order valence-electron chi connectivity index (χ4n) is 5.50. The topological polar surface area (TPSA) is 34.1 Å². The van der Waals surface area contributed by atoms with E-state index in [1.165, 1.54) is 0 Å². The molecule has 0 unspecified atom stereocenters. The molecule has 4 aliphatic carbocycles. The van der Waals surface area contributed by atoms with Gasteiger partial charge in [0.15, 0.2) is 5.78 Å². The minimum atomic E-state index is -0.169. The number of fused-ring (bicyclic) bond motifs is 5. The van der Waals surface area contributed by atoms with E-state index in [4.69, 9.17) is 11.6 Å². The maximum atomic E-state index is 12.3. The number of carbonyl (C=O) groups is 2. The molecule has 0 saturated heterocycles. The smallest absolute Gasteiger partial charge is 0.197 e. The molecule has 22 heavy (non-hydrogen) atoms. The van der Waals surface area contributed by atoms with Crippen LogP contribution in [0.25, 0.3) is 0 Å². The van der Waals surface area contributed by atoms with Gasteiger partial charge in [-0.05, 0) is 48.7 Å². The first-order valence-electron chi connectivity index (χ1n) is 8.23. The van der Waals surface area contributed by atoms with Crippen molar-refractivity contribution in [3.8, 4) is 0 Å². The van der Waals surface area contributed by atoms with Gasteiger partial charge >= 0.3 is 0 Å². The van der Waals surface area contributed by atoms with E-state index in [0.717, 1.165) is 31.3 Å². The average molecular weight is 317 g/mol. The molecule has 0 N–H and O–H groups in total. The first-order chi connectivity index (χ1) is 10.4. The summed E-state index contributed by atoms with van der Waals surface area (Å²) in [5, 5.41) is 0.371. The third kappa shape index (κ3) is 1.62. The van der Waals surface area contributed by atoms with Crippen LogP contribution in [-0.2, 0) is 9.59 Å². The van der Waals surface area contributed by atoms with E-state index >= 15 is 0 Å². The molecule has 3 heteroatoms. The standard InChI is InChI=1S/C19H21ClO2/c1-18-10-8-15(21)17(20)14(18)4-3-11-12-5-6-16(22)19(12,2)9-7-13(11)18/h3-4,8,10-13H,5-7,9H2,1-2H3/t11-,12-,13-,18+,19-/m0/s1.